The van der Waals surface area contributed by atoms with Gasteiger partial charge in [0.1, 0.15) is 11.5 Å². The molecule has 2 aromatic carbocycles. The van der Waals surface area contributed by atoms with Crippen LogP contribution in [0.1, 0.15) is 36.2 Å². The summed E-state index contributed by atoms with van der Waals surface area (Å²) in [4.78, 5) is 23.5. The lowest BCUT2D eigenvalue weighted by atomic mass is 10.2. The minimum absolute atomic E-state index is 0.164. The number of nitrogens with one attached hydrogen (secondary N) is 1. The Labute approximate surface area is 164 Å². The van der Waals surface area contributed by atoms with Crippen molar-refractivity contribution in [2.75, 3.05) is 19.8 Å². The van der Waals surface area contributed by atoms with Crippen LogP contribution in [0.2, 0.25) is 0 Å². The van der Waals surface area contributed by atoms with E-state index in [1.807, 2.05) is 6.92 Å². The maximum absolute atomic E-state index is 12.1. The second-order valence-electron chi connectivity index (χ2n) is 5.74. The molecule has 0 heterocycles. The van der Waals surface area contributed by atoms with Gasteiger partial charge in [-0.3, -0.25) is 4.79 Å². The molecule has 0 aromatic heterocycles. The van der Waals surface area contributed by atoms with Gasteiger partial charge in [-0.05, 0) is 55.3 Å². The molecule has 1 amide bonds. The van der Waals surface area contributed by atoms with E-state index < -0.39 is 5.97 Å². The minimum atomic E-state index is -0.431. The molecule has 0 spiro atoms. The summed E-state index contributed by atoms with van der Waals surface area (Å²) in [5, 5.41) is 3.95. The molecule has 0 unspecified atom stereocenters. The van der Waals surface area contributed by atoms with Crippen LogP contribution in [0.4, 0.5) is 0 Å². The quantitative estimate of drug-likeness (QED) is 0.386. The Morgan fingerprint density at radius 1 is 1.04 bits per heavy atom. The maximum atomic E-state index is 12.1. The first kappa shape index (κ1) is 21.0. The second-order valence-corrected chi connectivity index (χ2v) is 5.74. The number of carbonyl (C=O) groups is 2. The van der Waals surface area contributed by atoms with Crippen molar-refractivity contribution < 1.29 is 23.8 Å². The number of rotatable bonds is 10. The zero-order chi connectivity index (χ0) is 20.2. The van der Waals surface area contributed by atoms with Crippen LogP contribution in [0.15, 0.2) is 53.6 Å². The number of carbonyl (C=O) groups excluding carboxylic acids is 2. The fourth-order valence-corrected chi connectivity index (χ4v) is 2.18. The van der Waals surface area contributed by atoms with E-state index in [9.17, 15) is 9.59 Å². The molecule has 1 N–H and O–H groups in total. The number of nitrogens with zero attached hydrogens (tertiary/aromatic N) is 1. The lowest BCUT2D eigenvalue weighted by molar-refractivity contribution is -0.145. The molecule has 28 heavy (non-hydrogen) atoms. The number of hydrazone groups is 1. The summed E-state index contributed by atoms with van der Waals surface area (Å²) in [7, 11) is 0. The molecule has 2 rings (SSSR count). The molecule has 0 atom stereocenters. The monoisotopic (exact) mass is 384 g/mol. The zero-order valence-electron chi connectivity index (χ0n) is 16.0. The topological polar surface area (TPSA) is 86.2 Å². The fraction of sp³-hybridized carbons (Fsp3) is 0.286. The van der Waals surface area contributed by atoms with E-state index in [-0.39, 0.29) is 12.5 Å². The number of ether oxygens (including phenoxy) is 3. The van der Waals surface area contributed by atoms with Crippen LogP contribution in [-0.2, 0) is 9.53 Å². The summed E-state index contributed by atoms with van der Waals surface area (Å²) in [6.07, 6.45) is 2.42. The van der Waals surface area contributed by atoms with Gasteiger partial charge in [0.15, 0.2) is 6.61 Å². The molecule has 148 valence electrons. The van der Waals surface area contributed by atoms with Gasteiger partial charge in [0.2, 0.25) is 0 Å². The van der Waals surface area contributed by atoms with Crippen molar-refractivity contribution in [1.82, 2.24) is 5.43 Å². The van der Waals surface area contributed by atoms with Crippen LogP contribution in [0.3, 0.4) is 0 Å². The van der Waals surface area contributed by atoms with E-state index >= 15 is 0 Å². The highest BCUT2D eigenvalue weighted by Gasteiger charge is 2.05. The third-order valence-electron chi connectivity index (χ3n) is 3.49. The Balaban J connectivity index is 1.87. The van der Waals surface area contributed by atoms with Crippen molar-refractivity contribution in [2.45, 2.75) is 20.3 Å². The van der Waals surface area contributed by atoms with Gasteiger partial charge in [-0.2, -0.15) is 5.10 Å². The number of amides is 1. The lowest BCUT2D eigenvalue weighted by Gasteiger charge is -2.06. The van der Waals surface area contributed by atoms with Crippen LogP contribution >= 0.6 is 0 Å². The smallest absolute Gasteiger partial charge is 0.344 e. The summed E-state index contributed by atoms with van der Waals surface area (Å²) < 4.78 is 15.7. The van der Waals surface area contributed by atoms with Crippen LogP contribution in [-0.4, -0.2) is 37.9 Å². The normalized spacial score (nSPS) is 10.5. The average Bonchev–Trinajstić information content (AvgIpc) is 2.71. The average molecular weight is 384 g/mol. The van der Waals surface area contributed by atoms with Crippen molar-refractivity contribution in [3.05, 3.63) is 59.7 Å². The van der Waals surface area contributed by atoms with Gasteiger partial charge in [-0.25, -0.2) is 10.2 Å². The molecule has 7 nitrogen and oxygen atoms in total. The molecule has 0 radical (unpaired) electrons. The summed E-state index contributed by atoms with van der Waals surface area (Å²) in [5.74, 6) is 0.473. The highest BCUT2D eigenvalue weighted by Crippen LogP contribution is 2.13. The standard InChI is InChI=1S/C21H24N2O5/c1-3-12-27-18-10-8-17(9-11-18)21(25)23-22-14-16-6-5-7-19(13-16)28-15-20(24)26-4-2/h5-11,13-14H,3-4,12,15H2,1-2H3,(H,23,25)/b22-14+. The molecule has 7 heteroatoms. The first-order valence-electron chi connectivity index (χ1n) is 9.07. The van der Waals surface area contributed by atoms with Gasteiger partial charge in [0, 0.05) is 5.56 Å². The molecule has 0 aliphatic carbocycles. The molecular formula is C21H24N2O5. The van der Waals surface area contributed by atoms with Crippen molar-refractivity contribution in [3.8, 4) is 11.5 Å². The highest BCUT2D eigenvalue weighted by molar-refractivity contribution is 5.95. The van der Waals surface area contributed by atoms with E-state index in [4.69, 9.17) is 14.2 Å². The van der Waals surface area contributed by atoms with E-state index in [2.05, 4.69) is 10.5 Å². The van der Waals surface area contributed by atoms with Crippen LogP contribution < -0.4 is 14.9 Å². The zero-order valence-corrected chi connectivity index (χ0v) is 16.0. The molecule has 0 fully saturated rings. The Morgan fingerprint density at radius 2 is 1.82 bits per heavy atom. The predicted octanol–water partition coefficient (Wildman–Crippen LogP) is 3.18. The Kier molecular flexibility index (Phi) is 8.52. The number of esters is 1. The Morgan fingerprint density at radius 3 is 2.54 bits per heavy atom. The number of hydrogen-bond donors (Lipinski definition) is 1. The van der Waals surface area contributed by atoms with Crippen LogP contribution in [0, 0.1) is 0 Å². The van der Waals surface area contributed by atoms with E-state index in [0.29, 0.717) is 30.1 Å². The SMILES string of the molecule is CCCOc1ccc(C(=O)N/N=C/c2cccc(OCC(=O)OCC)c2)cc1. The molecular weight excluding hydrogens is 360 g/mol. The van der Waals surface area contributed by atoms with Crippen molar-refractivity contribution in [3.63, 3.8) is 0 Å². The first-order valence-corrected chi connectivity index (χ1v) is 9.07. The fourth-order valence-electron chi connectivity index (χ4n) is 2.18. The summed E-state index contributed by atoms with van der Waals surface area (Å²) >= 11 is 0. The first-order chi connectivity index (χ1) is 13.6. The van der Waals surface area contributed by atoms with Gasteiger partial charge in [0.05, 0.1) is 19.4 Å². The van der Waals surface area contributed by atoms with Gasteiger partial charge < -0.3 is 14.2 Å². The lowest BCUT2D eigenvalue weighted by Crippen LogP contribution is -2.17. The third-order valence-corrected chi connectivity index (χ3v) is 3.49. The third kappa shape index (κ3) is 7.11. The maximum Gasteiger partial charge on any atom is 0.344 e. The van der Waals surface area contributed by atoms with E-state index in [1.165, 1.54) is 6.21 Å². The highest BCUT2D eigenvalue weighted by atomic mass is 16.6. The van der Waals surface area contributed by atoms with Gasteiger partial charge in [0.25, 0.3) is 5.91 Å². The summed E-state index contributed by atoms with van der Waals surface area (Å²) in [6, 6.07) is 13.8. The summed E-state index contributed by atoms with van der Waals surface area (Å²) in [6.45, 7) is 4.55. The molecule has 0 saturated carbocycles. The molecule has 0 saturated heterocycles. The Hall–Kier alpha value is -3.35. The summed E-state index contributed by atoms with van der Waals surface area (Å²) in [5.41, 5.74) is 3.66. The van der Waals surface area contributed by atoms with Gasteiger partial charge in [-0.1, -0.05) is 19.1 Å². The van der Waals surface area contributed by atoms with Crippen molar-refractivity contribution >= 4 is 18.1 Å². The van der Waals surface area contributed by atoms with Gasteiger partial charge in [-0.15, -0.1) is 0 Å². The van der Waals surface area contributed by atoms with E-state index in [1.54, 1.807) is 55.5 Å². The minimum Gasteiger partial charge on any atom is -0.494 e. The second kappa shape index (κ2) is 11.4. The molecule has 0 aliphatic heterocycles. The molecule has 0 aliphatic rings. The van der Waals surface area contributed by atoms with E-state index in [0.717, 1.165) is 12.2 Å². The molecule has 2 aromatic rings. The number of benzene rings is 2. The predicted molar refractivity (Wildman–Crippen MR) is 106 cm³/mol. The Bertz CT molecular complexity index is 803. The van der Waals surface area contributed by atoms with Crippen LogP contribution in [0.25, 0.3) is 0 Å². The van der Waals surface area contributed by atoms with Crippen molar-refractivity contribution in [1.29, 1.82) is 0 Å². The largest absolute Gasteiger partial charge is 0.494 e. The van der Waals surface area contributed by atoms with Crippen LogP contribution in [0.5, 0.6) is 11.5 Å². The number of hydrogen-bond acceptors (Lipinski definition) is 6. The van der Waals surface area contributed by atoms with Gasteiger partial charge >= 0.3 is 5.97 Å². The van der Waals surface area contributed by atoms with Crippen molar-refractivity contribution in [2.24, 2.45) is 5.10 Å². The molecule has 0 bridgehead atoms.